The van der Waals surface area contributed by atoms with Gasteiger partial charge in [-0.3, -0.25) is 4.90 Å². The molecule has 1 heterocycles. The topological polar surface area (TPSA) is 38.8 Å². The molecule has 180 valence electrons. The number of benzene rings is 3. The van der Waals surface area contributed by atoms with Gasteiger partial charge in [0.2, 0.25) is 0 Å². The molecule has 4 aliphatic rings. The number of esters is 1. The van der Waals surface area contributed by atoms with Crippen molar-refractivity contribution >= 4 is 5.97 Å². The maximum absolute atomic E-state index is 13.3. The van der Waals surface area contributed by atoms with Crippen molar-refractivity contribution in [3.8, 4) is 0 Å². The number of hydrogen-bond acceptors (Lipinski definition) is 4. The molecule has 4 nitrogen and oxygen atoms in total. The highest BCUT2D eigenvalue weighted by Crippen LogP contribution is 2.60. The van der Waals surface area contributed by atoms with Crippen molar-refractivity contribution in [1.29, 1.82) is 0 Å². The summed E-state index contributed by atoms with van der Waals surface area (Å²) in [6, 6.07) is 31.2. The molecule has 35 heavy (non-hydrogen) atoms. The van der Waals surface area contributed by atoms with Crippen LogP contribution in [-0.2, 0) is 9.47 Å². The minimum absolute atomic E-state index is 0.0127. The number of fused-ring (bicyclic) bond motifs is 3. The summed E-state index contributed by atoms with van der Waals surface area (Å²) in [4.78, 5) is 16.0. The first-order chi connectivity index (χ1) is 17.2. The lowest BCUT2D eigenvalue weighted by atomic mass is 9.51. The molecule has 0 radical (unpaired) electrons. The second-order valence-electron chi connectivity index (χ2n) is 10.4. The Labute approximate surface area is 207 Å². The van der Waals surface area contributed by atoms with Crippen molar-refractivity contribution in [3.05, 3.63) is 108 Å². The number of hydrogen-bond donors (Lipinski definition) is 0. The van der Waals surface area contributed by atoms with Gasteiger partial charge in [0, 0.05) is 31.0 Å². The number of nitrogens with zero attached hydrogens (tertiary/aromatic N) is 1. The van der Waals surface area contributed by atoms with E-state index in [2.05, 4.69) is 65.6 Å². The van der Waals surface area contributed by atoms with Crippen LogP contribution in [0.2, 0.25) is 0 Å². The van der Waals surface area contributed by atoms with Gasteiger partial charge in [0.05, 0.1) is 18.8 Å². The van der Waals surface area contributed by atoms with Crippen LogP contribution in [0.25, 0.3) is 0 Å². The molecule has 2 bridgehead atoms. The van der Waals surface area contributed by atoms with Gasteiger partial charge in [-0.05, 0) is 47.9 Å². The molecule has 4 fully saturated rings. The molecule has 3 aromatic carbocycles. The lowest BCUT2D eigenvalue weighted by molar-refractivity contribution is -0.130. The number of rotatable bonds is 5. The lowest BCUT2D eigenvalue weighted by Crippen LogP contribution is -2.65. The van der Waals surface area contributed by atoms with Gasteiger partial charge < -0.3 is 9.47 Å². The minimum Gasteiger partial charge on any atom is -0.458 e. The van der Waals surface area contributed by atoms with Crippen LogP contribution in [0.1, 0.15) is 52.6 Å². The van der Waals surface area contributed by atoms with Crippen LogP contribution >= 0.6 is 0 Å². The first kappa shape index (κ1) is 22.5. The van der Waals surface area contributed by atoms with Gasteiger partial charge in [-0.2, -0.15) is 0 Å². The molecule has 3 saturated carbocycles. The normalized spacial score (nSPS) is 30.6. The zero-order valence-electron chi connectivity index (χ0n) is 20.1. The summed E-state index contributed by atoms with van der Waals surface area (Å²) in [5.41, 5.74) is 3.33. The van der Waals surface area contributed by atoms with E-state index in [1.807, 2.05) is 30.3 Å². The Morgan fingerprint density at radius 3 is 1.80 bits per heavy atom. The molecule has 3 aromatic rings. The molecule has 4 heteroatoms. The minimum atomic E-state index is -0.209. The number of carbonyl (C=O) groups excluding carboxylic acids is 1. The third kappa shape index (κ3) is 4.30. The van der Waals surface area contributed by atoms with Crippen molar-refractivity contribution in [2.75, 3.05) is 26.3 Å². The maximum atomic E-state index is 13.3. The number of ether oxygens (including phenoxy) is 2. The summed E-state index contributed by atoms with van der Waals surface area (Å²) < 4.78 is 12.2. The van der Waals surface area contributed by atoms with Crippen LogP contribution in [-0.4, -0.2) is 48.8 Å². The zero-order chi connectivity index (χ0) is 23.7. The third-order valence-corrected chi connectivity index (χ3v) is 8.54. The summed E-state index contributed by atoms with van der Waals surface area (Å²) >= 11 is 0. The van der Waals surface area contributed by atoms with Crippen LogP contribution in [0, 0.1) is 5.92 Å². The fraction of sp³-hybridized carbons (Fsp3) is 0.387. The fourth-order valence-corrected chi connectivity index (χ4v) is 7.06. The summed E-state index contributed by atoms with van der Waals surface area (Å²) in [5.74, 6) is 0.704. The van der Waals surface area contributed by atoms with E-state index < -0.39 is 0 Å². The van der Waals surface area contributed by atoms with Gasteiger partial charge in [0.25, 0.3) is 0 Å². The molecule has 1 aliphatic heterocycles. The summed E-state index contributed by atoms with van der Waals surface area (Å²) in [7, 11) is 0. The fourth-order valence-electron chi connectivity index (χ4n) is 7.06. The van der Waals surface area contributed by atoms with E-state index in [4.69, 9.17) is 9.47 Å². The summed E-state index contributed by atoms with van der Waals surface area (Å²) in [5, 5.41) is 0. The predicted octanol–water partition coefficient (Wildman–Crippen LogP) is 5.66. The van der Waals surface area contributed by atoms with Crippen LogP contribution in [0.15, 0.2) is 91.0 Å². The van der Waals surface area contributed by atoms with Crippen molar-refractivity contribution in [3.63, 3.8) is 0 Å². The highest BCUT2D eigenvalue weighted by Gasteiger charge is 2.59. The van der Waals surface area contributed by atoms with E-state index in [0.29, 0.717) is 17.4 Å². The Morgan fingerprint density at radius 2 is 1.26 bits per heavy atom. The van der Waals surface area contributed by atoms with Crippen molar-refractivity contribution in [2.45, 2.75) is 42.7 Å². The van der Waals surface area contributed by atoms with Crippen molar-refractivity contribution in [1.82, 2.24) is 4.90 Å². The van der Waals surface area contributed by atoms with Crippen molar-refractivity contribution < 1.29 is 14.3 Å². The maximum Gasteiger partial charge on any atom is 0.338 e. The third-order valence-electron chi connectivity index (χ3n) is 8.54. The van der Waals surface area contributed by atoms with E-state index in [9.17, 15) is 4.79 Å². The zero-order valence-corrected chi connectivity index (χ0v) is 20.1. The molecule has 0 N–H and O–H groups in total. The molecule has 7 rings (SSSR count). The average Bonchev–Trinajstić information content (AvgIpc) is 2.95. The van der Waals surface area contributed by atoms with Crippen LogP contribution in [0.4, 0.5) is 0 Å². The number of morpholine rings is 1. The molecular formula is C31H33NO3. The van der Waals surface area contributed by atoms with Gasteiger partial charge in [-0.15, -0.1) is 0 Å². The molecule has 1 saturated heterocycles. The number of carbonyl (C=O) groups is 1. The lowest BCUT2D eigenvalue weighted by Gasteiger charge is -2.62. The molecule has 0 spiro atoms. The van der Waals surface area contributed by atoms with Crippen LogP contribution < -0.4 is 0 Å². The standard InChI is InChI=1S/C31H33NO3/c33-30(25-14-8-3-9-15-25)35-28-22-31(32-16-18-34-19-17-32)20-26(23-10-4-1-5-11-23)29(28)27(21-31)24-12-6-2-7-13-24/h1-15,26-29H,16-22H2/t26-,27-,28-,29?,31?/m0/s1. The monoisotopic (exact) mass is 467 g/mol. The molecule has 3 atom stereocenters. The Balaban J connectivity index is 1.43. The first-order valence-corrected chi connectivity index (χ1v) is 12.9. The highest BCUT2D eigenvalue weighted by atomic mass is 16.5. The Bertz CT molecular complexity index is 1080. The Hall–Kier alpha value is -2.95. The first-order valence-electron chi connectivity index (χ1n) is 12.9. The van der Waals surface area contributed by atoms with Crippen LogP contribution in [0.3, 0.4) is 0 Å². The SMILES string of the molecule is O=C(O[C@H]1CC2(N3CCOCC3)C[C@@H](c3ccccc3)C1[C@H](c1ccccc1)C2)c1ccccc1. The Morgan fingerprint density at radius 1 is 0.743 bits per heavy atom. The highest BCUT2D eigenvalue weighted by molar-refractivity contribution is 5.89. The van der Waals surface area contributed by atoms with E-state index in [1.54, 1.807) is 0 Å². The molecule has 0 amide bonds. The summed E-state index contributed by atoms with van der Waals surface area (Å²) in [6.45, 7) is 3.41. The molecule has 3 aliphatic carbocycles. The van der Waals surface area contributed by atoms with Crippen LogP contribution in [0.5, 0.6) is 0 Å². The predicted molar refractivity (Wildman–Crippen MR) is 136 cm³/mol. The van der Waals surface area contributed by atoms with E-state index in [-0.39, 0.29) is 23.5 Å². The quantitative estimate of drug-likeness (QED) is 0.454. The van der Waals surface area contributed by atoms with Gasteiger partial charge in [-0.1, -0.05) is 78.9 Å². The van der Waals surface area contributed by atoms with Crippen molar-refractivity contribution in [2.24, 2.45) is 5.92 Å². The molecule has 0 unspecified atom stereocenters. The van der Waals surface area contributed by atoms with Gasteiger partial charge in [0.1, 0.15) is 6.10 Å². The van der Waals surface area contributed by atoms with E-state index >= 15 is 0 Å². The average molecular weight is 468 g/mol. The molecule has 0 aromatic heterocycles. The summed E-state index contributed by atoms with van der Waals surface area (Å²) in [6.07, 6.45) is 2.96. The van der Waals surface area contributed by atoms with E-state index in [1.165, 1.54) is 11.1 Å². The van der Waals surface area contributed by atoms with Gasteiger partial charge in [0.15, 0.2) is 0 Å². The van der Waals surface area contributed by atoms with Gasteiger partial charge >= 0.3 is 5.97 Å². The van der Waals surface area contributed by atoms with Gasteiger partial charge in [-0.25, -0.2) is 4.79 Å². The smallest absolute Gasteiger partial charge is 0.338 e. The largest absolute Gasteiger partial charge is 0.458 e. The Kier molecular flexibility index (Phi) is 6.17. The molecular weight excluding hydrogens is 434 g/mol. The van der Waals surface area contributed by atoms with E-state index in [0.717, 1.165) is 45.6 Å². The second-order valence-corrected chi connectivity index (χ2v) is 10.4. The second kappa shape index (κ2) is 9.60.